The normalized spacial score (nSPS) is 29.6. The number of rotatable bonds is 8. The largest absolute Gasteiger partial charge is 0.511 e. The zero-order chi connectivity index (χ0) is 30.8. The number of benzene rings is 1. The first-order chi connectivity index (χ1) is 18.9. The number of carbonyl (C=O) groups is 4. The van der Waals surface area contributed by atoms with Crippen molar-refractivity contribution in [2.24, 2.45) is 28.6 Å². The molecule has 0 saturated carbocycles. The molecule has 0 amide bonds. The van der Waals surface area contributed by atoms with Gasteiger partial charge in [0, 0.05) is 35.2 Å². The second-order valence-corrected chi connectivity index (χ2v) is 13.5. The van der Waals surface area contributed by atoms with Gasteiger partial charge in [-0.3, -0.25) is 19.2 Å². The van der Waals surface area contributed by atoms with Gasteiger partial charge in [-0.05, 0) is 61.6 Å². The van der Waals surface area contributed by atoms with E-state index in [9.17, 15) is 39.6 Å². The van der Waals surface area contributed by atoms with Gasteiger partial charge >= 0.3 is 0 Å². The molecule has 0 heterocycles. The quantitative estimate of drug-likeness (QED) is 0.310. The van der Waals surface area contributed by atoms with Crippen LogP contribution in [0, 0.1) is 28.6 Å². The minimum atomic E-state index is -2.63. The van der Waals surface area contributed by atoms with E-state index in [-0.39, 0.29) is 47.8 Å². The number of ketones is 4. The molecule has 8 heteroatoms. The van der Waals surface area contributed by atoms with Crippen LogP contribution in [0.4, 0.5) is 0 Å². The van der Waals surface area contributed by atoms with Crippen LogP contribution in [0.25, 0.3) is 0 Å². The van der Waals surface area contributed by atoms with E-state index in [1.165, 1.54) is 6.07 Å². The molecule has 0 spiro atoms. The third-order valence-electron chi connectivity index (χ3n) is 9.66. The lowest BCUT2D eigenvalue weighted by atomic mass is 9.44. The molecular formula is C33H42O8. The second-order valence-electron chi connectivity index (χ2n) is 13.5. The second kappa shape index (κ2) is 10.2. The van der Waals surface area contributed by atoms with Crippen molar-refractivity contribution in [3.8, 4) is 5.75 Å². The SMILES string of the molecule is CC(=O)C1=C(O)C(C(C)C)[C@@]2(C)C[C@@]3(C)Cc4c(CCC(=O)CCC(C)C)ccc(O)c4C(=O)C3=C(O)[C@@]2(O)C1=O. The Kier molecular flexibility index (Phi) is 7.66. The molecule has 0 fully saturated rings. The van der Waals surface area contributed by atoms with Crippen LogP contribution in [0.5, 0.6) is 5.75 Å². The van der Waals surface area contributed by atoms with Gasteiger partial charge in [-0.25, -0.2) is 0 Å². The summed E-state index contributed by atoms with van der Waals surface area (Å²) >= 11 is 0. The highest BCUT2D eigenvalue weighted by Crippen LogP contribution is 2.65. The van der Waals surface area contributed by atoms with Gasteiger partial charge in [0.1, 0.15) is 28.6 Å². The highest BCUT2D eigenvalue weighted by Gasteiger charge is 2.71. The maximum absolute atomic E-state index is 14.1. The van der Waals surface area contributed by atoms with Crippen molar-refractivity contribution in [2.75, 3.05) is 0 Å². The number of aliphatic hydroxyl groups excluding tert-OH is 2. The molecule has 41 heavy (non-hydrogen) atoms. The number of hydrogen-bond donors (Lipinski definition) is 4. The Bertz CT molecular complexity index is 1410. The van der Waals surface area contributed by atoms with Crippen molar-refractivity contribution in [1.29, 1.82) is 0 Å². The molecular weight excluding hydrogens is 524 g/mol. The van der Waals surface area contributed by atoms with Crippen LogP contribution < -0.4 is 0 Å². The Morgan fingerprint density at radius 1 is 1.02 bits per heavy atom. The third-order valence-corrected chi connectivity index (χ3v) is 9.66. The number of carbonyl (C=O) groups excluding carboxylic acids is 4. The number of phenolic OH excluding ortho intramolecular Hbond substituents is 1. The van der Waals surface area contributed by atoms with Crippen LogP contribution >= 0.6 is 0 Å². The first-order valence-corrected chi connectivity index (χ1v) is 14.5. The first-order valence-electron chi connectivity index (χ1n) is 14.5. The highest BCUT2D eigenvalue weighted by atomic mass is 16.3. The number of allylic oxidation sites excluding steroid dienone is 2. The van der Waals surface area contributed by atoms with Gasteiger partial charge in [-0.1, -0.05) is 47.6 Å². The molecule has 4 N–H and O–H groups in total. The van der Waals surface area contributed by atoms with Crippen LogP contribution in [0.1, 0.15) is 95.6 Å². The van der Waals surface area contributed by atoms with Crippen molar-refractivity contribution in [3.63, 3.8) is 0 Å². The summed E-state index contributed by atoms with van der Waals surface area (Å²) in [6.45, 7) is 12.2. The van der Waals surface area contributed by atoms with Gasteiger partial charge in [0.25, 0.3) is 0 Å². The van der Waals surface area contributed by atoms with E-state index in [2.05, 4.69) is 13.8 Å². The van der Waals surface area contributed by atoms with Crippen molar-refractivity contribution in [2.45, 2.75) is 92.6 Å². The fourth-order valence-electron chi connectivity index (χ4n) is 7.88. The van der Waals surface area contributed by atoms with Gasteiger partial charge < -0.3 is 20.4 Å². The summed E-state index contributed by atoms with van der Waals surface area (Å²) in [6, 6.07) is 3.10. The van der Waals surface area contributed by atoms with Gasteiger partial charge in [0.2, 0.25) is 5.78 Å². The fourth-order valence-corrected chi connectivity index (χ4v) is 7.88. The average Bonchev–Trinajstić information content (AvgIpc) is 2.84. The number of aromatic hydroxyl groups is 1. The molecule has 1 unspecified atom stereocenters. The van der Waals surface area contributed by atoms with Crippen LogP contribution in [0.2, 0.25) is 0 Å². The molecule has 4 rings (SSSR count). The molecule has 0 saturated heterocycles. The maximum atomic E-state index is 14.1. The van der Waals surface area contributed by atoms with E-state index in [0.717, 1.165) is 18.9 Å². The topological polar surface area (TPSA) is 149 Å². The monoisotopic (exact) mass is 566 g/mol. The van der Waals surface area contributed by atoms with Crippen molar-refractivity contribution >= 4 is 23.1 Å². The average molecular weight is 567 g/mol. The summed E-state index contributed by atoms with van der Waals surface area (Å²) in [5, 5.41) is 45.8. The Morgan fingerprint density at radius 3 is 2.22 bits per heavy atom. The summed E-state index contributed by atoms with van der Waals surface area (Å²) in [4.78, 5) is 52.9. The predicted molar refractivity (Wildman–Crippen MR) is 153 cm³/mol. The third kappa shape index (κ3) is 4.46. The molecule has 3 aliphatic carbocycles. The number of Topliss-reactive ketones (excluding diaryl/α,β-unsaturated/α-hetero) is 4. The number of aryl methyl sites for hydroxylation is 1. The van der Waals surface area contributed by atoms with Crippen LogP contribution in [-0.4, -0.2) is 49.2 Å². The van der Waals surface area contributed by atoms with Gasteiger partial charge in [-0.2, -0.15) is 0 Å². The Balaban J connectivity index is 1.88. The van der Waals surface area contributed by atoms with Crippen LogP contribution in [0.3, 0.4) is 0 Å². The molecule has 4 atom stereocenters. The standard InChI is InChI=1S/C33H42O8/c1-16(2)8-11-20(35)12-9-19-10-13-22(36)24-21(19)14-31(6)15-32(7)25(17(3)4)27(37)23(18(5)34)29(39)33(32,41)30(40)26(31)28(24)38/h10,13,16-17,25,36-37,40-41H,8-9,11-12,14-15H2,1-7H3/t25?,31-,32-,33+/m1/s1. The number of fused-ring (bicyclic) bond motifs is 3. The Morgan fingerprint density at radius 2 is 1.66 bits per heavy atom. The lowest BCUT2D eigenvalue weighted by Crippen LogP contribution is -2.67. The van der Waals surface area contributed by atoms with Crippen LogP contribution in [0.15, 0.2) is 34.8 Å². The lowest BCUT2D eigenvalue weighted by Gasteiger charge is -2.59. The fraction of sp³-hybridized carbons (Fsp3) is 0.576. The smallest absolute Gasteiger partial charge is 0.209 e. The number of hydrogen-bond acceptors (Lipinski definition) is 8. The summed E-state index contributed by atoms with van der Waals surface area (Å²) in [6.07, 6.45) is 2.17. The Labute approximate surface area is 241 Å². The molecule has 1 aromatic rings. The minimum Gasteiger partial charge on any atom is -0.511 e. The first kappa shape index (κ1) is 30.7. The van der Waals surface area contributed by atoms with Crippen molar-refractivity contribution in [1.82, 2.24) is 0 Å². The van der Waals surface area contributed by atoms with E-state index in [0.29, 0.717) is 24.3 Å². The summed E-state index contributed by atoms with van der Waals surface area (Å²) in [5.74, 6) is -4.81. The molecule has 3 aliphatic rings. The number of aliphatic hydroxyl groups is 3. The molecule has 0 aliphatic heterocycles. The lowest BCUT2D eigenvalue weighted by molar-refractivity contribution is -0.171. The van der Waals surface area contributed by atoms with Gasteiger partial charge in [0.15, 0.2) is 17.2 Å². The van der Waals surface area contributed by atoms with Gasteiger partial charge in [-0.15, -0.1) is 0 Å². The van der Waals surface area contributed by atoms with E-state index >= 15 is 0 Å². The maximum Gasteiger partial charge on any atom is 0.209 e. The minimum absolute atomic E-state index is 0.0165. The number of phenols is 1. The molecule has 222 valence electrons. The summed E-state index contributed by atoms with van der Waals surface area (Å²) in [5.41, 5.74) is -4.62. The summed E-state index contributed by atoms with van der Waals surface area (Å²) < 4.78 is 0. The highest BCUT2D eigenvalue weighted by molar-refractivity contribution is 6.25. The molecule has 1 aromatic carbocycles. The molecule has 0 bridgehead atoms. The molecule has 8 nitrogen and oxygen atoms in total. The zero-order valence-corrected chi connectivity index (χ0v) is 25.1. The molecule has 0 radical (unpaired) electrons. The molecule has 0 aromatic heterocycles. The van der Waals surface area contributed by atoms with Gasteiger partial charge in [0.05, 0.1) is 5.56 Å². The van der Waals surface area contributed by atoms with E-state index in [4.69, 9.17) is 0 Å². The van der Waals surface area contributed by atoms with Crippen LogP contribution in [-0.2, 0) is 27.2 Å². The zero-order valence-electron chi connectivity index (χ0n) is 25.1. The Hall–Kier alpha value is -3.26. The van der Waals surface area contributed by atoms with Crippen molar-refractivity contribution in [3.05, 3.63) is 51.5 Å². The van der Waals surface area contributed by atoms with Crippen molar-refractivity contribution < 1.29 is 39.6 Å². The predicted octanol–water partition coefficient (Wildman–Crippen LogP) is 5.28. The summed E-state index contributed by atoms with van der Waals surface area (Å²) in [7, 11) is 0. The van der Waals surface area contributed by atoms with E-state index in [1.54, 1.807) is 33.8 Å². The van der Waals surface area contributed by atoms with E-state index in [1.807, 2.05) is 0 Å². The van der Waals surface area contributed by atoms with E-state index < -0.39 is 56.8 Å².